The van der Waals surface area contributed by atoms with Gasteiger partial charge >= 0.3 is 7.12 Å². The second-order valence-electron chi connectivity index (χ2n) is 2.46. The molecule has 2 N–H and O–H groups in total. The highest BCUT2D eigenvalue weighted by Gasteiger charge is 2.15. The van der Waals surface area contributed by atoms with Gasteiger partial charge in [0.1, 0.15) is 0 Å². The van der Waals surface area contributed by atoms with E-state index in [1.165, 1.54) is 24.3 Å². The largest absolute Gasteiger partial charge is 0.490 e. The molecule has 0 aliphatic rings. The Morgan fingerprint density at radius 2 is 2.14 bits per heavy atom. The molecule has 5 nitrogen and oxygen atoms in total. The summed E-state index contributed by atoms with van der Waals surface area (Å²) in [5.41, 5.74) is 0.379. The van der Waals surface area contributed by atoms with Gasteiger partial charge in [-0.25, -0.2) is 4.79 Å². The minimum Gasteiger partial charge on any atom is -0.423 e. The number of carbonyl (C=O) groups excluding carboxylic acids is 1. The number of aliphatic imine (C=N–C) groups is 1. The average Bonchev–Trinajstić information content (AvgIpc) is 2.17. The van der Waals surface area contributed by atoms with Crippen LogP contribution in [0, 0.1) is 11.3 Å². The van der Waals surface area contributed by atoms with Gasteiger partial charge in [-0.15, -0.1) is 0 Å². The molecule has 6 heteroatoms. The van der Waals surface area contributed by atoms with Crippen LogP contribution in [-0.4, -0.2) is 23.2 Å². The molecule has 0 spiro atoms. The molecule has 0 saturated carbocycles. The zero-order valence-corrected chi connectivity index (χ0v) is 7.01. The number of nitrogens with zero attached hydrogens (tertiary/aromatic N) is 2. The molecule has 0 atom stereocenters. The van der Waals surface area contributed by atoms with Crippen molar-refractivity contribution in [2.75, 3.05) is 0 Å². The van der Waals surface area contributed by atoms with Crippen molar-refractivity contribution in [2.24, 2.45) is 4.99 Å². The van der Waals surface area contributed by atoms with Gasteiger partial charge in [-0.2, -0.15) is 10.3 Å². The molecule has 0 aliphatic carbocycles. The molecule has 0 aromatic heterocycles. The lowest BCUT2D eigenvalue weighted by Crippen LogP contribution is -2.30. The van der Waals surface area contributed by atoms with Crippen molar-refractivity contribution in [3.8, 4) is 6.07 Å². The van der Waals surface area contributed by atoms with Crippen molar-refractivity contribution < 1.29 is 14.8 Å². The van der Waals surface area contributed by atoms with E-state index in [-0.39, 0.29) is 16.7 Å². The van der Waals surface area contributed by atoms with Gasteiger partial charge < -0.3 is 10.0 Å². The normalized spacial score (nSPS) is 8.64. The second kappa shape index (κ2) is 4.35. The predicted molar refractivity (Wildman–Crippen MR) is 48.8 cm³/mol. The molecule has 1 aromatic carbocycles. The van der Waals surface area contributed by atoms with E-state index >= 15 is 0 Å². The number of isocyanates is 1. The van der Waals surface area contributed by atoms with Gasteiger partial charge in [-0.1, -0.05) is 6.07 Å². The first-order valence-corrected chi connectivity index (χ1v) is 3.67. The molecule has 0 bridgehead atoms. The summed E-state index contributed by atoms with van der Waals surface area (Å²) in [6.07, 6.45) is 1.27. The van der Waals surface area contributed by atoms with Gasteiger partial charge in [0, 0.05) is 5.46 Å². The lowest BCUT2D eigenvalue weighted by Gasteiger charge is -2.02. The molecule has 0 amide bonds. The Hall–Kier alpha value is -1.93. The molecular formula is C8H5BN2O3. The van der Waals surface area contributed by atoms with E-state index in [1.54, 1.807) is 0 Å². The Labute approximate surface area is 80.1 Å². The molecule has 0 unspecified atom stereocenters. The Morgan fingerprint density at radius 1 is 1.43 bits per heavy atom. The zero-order chi connectivity index (χ0) is 10.6. The third kappa shape index (κ3) is 2.06. The van der Waals surface area contributed by atoms with Crippen LogP contribution in [0.25, 0.3) is 0 Å². The number of benzene rings is 1. The van der Waals surface area contributed by atoms with Gasteiger partial charge in [-0.3, -0.25) is 0 Å². The van der Waals surface area contributed by atoms with E-state index < -0.39 is 7.12 Å². The minimum absolute atomic E-state index is 0.0362. The lowest BCUT2D eigenvalue weighted by molar-refractivity contribution is 0.426. The highest BCUT2D eigenvalue weighted by atomic mass is 16.4. The van der Waals surface area contributed by atoms with E-state index in [0.29, 0.717) is 0 Å². The van der Waals surface area contributed by atoms with Crippen LogP contribution in [-0.2, 0) is 4.79 Å². The van der Waals surface area contributed by atoms with Crippen molar-refractivity contribution in [1.82, 2.24) is 0 Å². The summed E-state index contributed by atoms with van der Waals surface area (Å²) in [6, 6.07) is 5.84. The number of hydrogen-bond acceptors (Lipinski definition) is 5. The number of rotatable bonds is 2. The van der Waals surface area contributed by atoms with Crippen molar-refractivity contribution >= 4 is 24.3 Å². The van der Waals surface area contributed by atoms with Crippen LogP contribution in [0.5, 0.6) is 0 Å². The third-order valence-corrected chi connectivity index (χ3v) is 1.60. The summed E-state index contributed by atoms with van der Waals surface area (Å²) >= 11 is 0. The molecule has 0 saturated heterocycles. The van der Waals surface area contributed by atoms with Crippen molar-refractivity contribution in [2.45, 2.75) is 0 Å². The van der Waals surface area contributed by atoms with E-state index in [0.717, 1.165) is 0 Å². The number of hydrogen-bond donors (Lipinski definition) is 2. The SMILES string of the molecule is N#Cc1ccc(B(O)O)c(N=C=O)c1. The van der Waals surface area contributed by atoms with Crippen molar-refractivity contribution in [3.05, 3.63) is 23.8 Å². The quantitative estimate of drug-likeness (QED) is 0.361. The Balaban J connectivity index is 3.32. The average molecular weight is 188 g/mol. The summed E-state index contributed by atoms with van der Waals surface area (Å²) in [6.45, 7) is 0. The first kappa shape index (κ1) is 10.2. The third-order valence-electron chi connectivity index (χ3n) is 1.60. The van der Waals surface area contributed by atoms with Crippen LogP contribution in [0.1, 0.15) is 5.56 Å². The maximum atomic E-state index is 10.0. The van der Waals surface area contributed by atoms with Crippen LogP contribution >= 0.6 is 0 Å². The molecule has 14 heavy (non-hydrogen) atoms. The van der Waals surface area contributed by atoms with E-state index in [2.05, 4.69) is 4.99 Å². The summed E-state index contributed by atoms with van der Waals surface area (Å²) in [5.74, 6) is 0. The van der Waals surface area contributed by atoms with Crippen LogP contribution in [0.2, 0.25) is 0 Å². The summed E-state index contributed by atoms with van der Waals surface area (Å²) < 4.78 is 0. The lowest BCUT2D eigenvalue weighted by atomic mass is 9.78. The molecule has 0 aliphatic heterocycles. The fraction of sp³-hybridized carbons (Fsp3) is 0. The second-order valence-corrected chi connectivity index (χ2v) is 2.46. The van der Waals surface area contributed by atoms with Crippen LogP contribution < -0.4 is 5.46 Å². The summed E-state index contributed by atoms with van der Waals surface area (Å²) in [5, 5.41) is 26.3. The molecule has 0 fully saturated rings. The van der Waals surface area contributed by atoms with Crippen LogP contribution in [0.15, 0.2) is 23.2 Å². The highest BCUT2D eigenvalue weighted by molar-refractivity contribution is 6.60. The van der Waals surface area contributed by atoms with Crippen molar-refractivity contribution in [3.63, 3.8) is 0 Å². The van der Waals surface area contributed by atoms with E-state index in [4.69, 9.17) is 15.3 Å². The molecule has 0 heterocycles. The van der Waals surface area contributed by atoms with Crippen molar-refractivity contribution in [1.29, 1.82) is 5.26 Å². The van der Waals surface area contributed by atoms with Gasteiger partial charge in [0.2, 0.25) is 6.08 Å². The zero-order valence-electron chi connectivity index (χ0n) is 7.01. The standard InChI is InChI=1S/C8H5BN2O3/c10-4-6-1-2-7(9(13)14)8(3-6)11-5-12/h1-3,13-14H. The topological polar surface area (TPSA) is 93.7 Å². The maximum Gasteiger partial charge on any atom is 0.490 e. The predicted octanol–water partition coefficient (Wildman–Crippen LogP) is -0.795. The van der Waals surface area contributed by atoms with Gasteiger partial charge in [-0.05, 0) is 12.1 Å². The van der Waals surface area contributed by atoms with E-state index in [1.807, 2.05) is 6.07 Å². The monoisotopic (exact) mass is 188 g/mol. The summed E-state index contributed by atoms with van der Waals surface area (Å²) in [7, 11) is -1.73. The molecule has 68 valence electrons. The number of nitriles is 1. The summed E-state index contributed by atoms with van der Waals surface area (Å²) in [4.78, 5) is 13.3. The van der Waals surface area contributed by atoms with Gasteiger partial charge in [0.15, 0.2) is 0 Å². The van der Waals surface area contributed by atoms with Crippen LogP contribution in [0.3, 0.4) is 0 Å². The molecular weight excluding hydrogens is 183 g/mol. The first-order chi connectivity index (χ1) is 6.69. The van der Waals surface area contributed by atoms with Gasteiger partial charge in [0.05, 0.1) is 17.3 Å². The Morgan fingerprint density at radius 3 is 2.64 bits per heavy atom. The van der Waals surface area contributed by atoms with Gasteiger partial charge in [0.25, 0.3) is 0 Å². The van der Waals surface area contributed by atoms with Crippen LogP contribution in [0.4, 0.5) is 5.69 Å². The Kier molecular flexibility index (Phi) is 3.16. The first-order valence-electron chi connectivity index (χ1n) is 3.67. The molecule has 0 radical (unpaired) electrons. The highest BCUT2D eigenvalue weighted by Crippen LogP contribution is 2.10. The smallest absolute Gasteiger partial charge is 0.423 e. The Bertz CT molecular complexity index is 433. The fourth-order valence-electron chi connectivity index (χ4n) is 0.978. The van der Waals surface area contributed by atoms with E-state index in [9.17, 15) is 4.79 Å². The molecule has 1 aromatic rings. The molecule has 1 rings (SSSR count). The maximum absolute atomic E-state index is 10.0. The fourth-order valence-corrected chi connectivity index (χ4v) is 0.978. The minimum atomic E-state index is -1.73.